The fourth-order valence-electron chi connectivity index (χ4n) is 1.76. The molecule has 22 heavy (non-hydrogen) atoms. The van der Waals surface area contributed by atoms with Crippen LogP contribution < -0.4 is 0 Å². The molecule has 0 heterocycles. The van der Waals surface area contributed by atoms with Gasteiger partial charge in [0.15, 0.2) is 8.32 Å². The normalized spacial score (nSPS) is 14.5. The molecule has 0 bridgehead atoms. The van der Waals surface area contributed by atoms with Gasteiger partial charge in [-0.15, -0.1) is 6.42 Å². The first kappa shape index (κ1) is 18.8. The van der Waals surface area contributed by atoms with E-state index >= 15 is 0 Å². The average Bonchev–Trinajstić information content (AvgIpc) is 2.35. The summed E-state index contributed by atoms with van der Waals surface area (Å²) in [7, 11) is -2.06. The van der Waals surface area contributed by atoms with Crippen molar-refractivity contribution in [2.75, 3.05) is 0 Å². The van der Waals surface area contributed by atoms with Crippen molar-refractivity contribution in [3.8, 4) is 12.3 Å². The average molecular weight is 328 g/mol. The first-order valence-corrected chi connectivity index (χ1v) is 10.1. The fraction of sp³-hybridized carbons (Fsp3) is 0.529. The van der Waals surface area contributed by atoms with Gasteiger partial charge in [-0.05, 0) is 29.8 Å². The molecule has 0 radical (unpaired) electrons. The van der Waals surface area contributed by atoms with Crippen molar-refractivity contribution in [1.29, 1.82) is 0 Å². The molecule has 0 fully saturated rings. The lowest BCUT2D eigenvalue weighted by Gasteiger charge is -2.38. The Bertz CT molecular complexity index is 550. The van der Waals surface area contributed by atoms with Gasteiger partial charge in [0.1, 0.15) is 6.10 Å². The highest BCUT2D eigenvalue weighted by molar-refractivity contribution is 6.74. The fourth-order valence-corrected chi connectivity index (χ4v) is 2.97. The number of hydrogen-bond acceptors (Lipinski definition) is 1. The van der Waals surface area contributed by atoms with Crippen molar-refractivity contribution >= 4 is 8.32 Å². The minimum Gasteiger partial charge on any atom is -0.403 e. The van der Waals surface area contributed by atoms with Crippen LogP contribution in [0.5, 0.6) is 0 Å². The van der Waals surface area contributed by atoms with Crippen LogP contribution in [0.25, 0.3) is 0 Å². The molecule has 1 aromatic rings. The number of hydrogen-bond donors (Lipinski definition) is 0. The van der Waals surface area contributed by atoms with E-state index in [9.17, 15) is 13.2 Å². The second kappa shape index (κ2) is 6.47. The third-order valence-corrected chi connectivity index (χ3v) is 8.59. The molecule has 122 valence electrons. The minimum atomic E-state index is -4.35. The van der Waals surface area contributed by atoms with Gasteiger partial charge in [0.2, 0.25) is 0 Å². The van der Waals surface area contributed by atoms with Crippen LogP contribution in [-0.4, -0.2) is 14.4 Å². The molecule has 1 nitrogen and oxygen atoms in total. The second-order valence-electron chi connectivity index (χ2n) is 6.94. The lowest BCUT2D eigenvalue weighted by Crippen LogP contribution is -2.44. The molecule has 0 saturated heterocycles. The SMILES string of the molecule is C#C[C@H](Cc1cccc(C(F)(F)F)c1)O[Si](C)(C)C(C)(C)C. The van der Waals surface area contributed by atoms with E-state index in [1.807, 2.05) is 0 Å². The van der Waals surface area contributed by atoms with Gasteiger partial charge in [0, 0.05) is 6.42 Å². The third-order valence-electron chi connectivity index (χ3n) is 4.10. The Kier molecular flexibility index (Phi) is 5.53. The maximum atomic E-state index is 12.7. The Morgan fingerprint density at radius 1 is 1.23 bits per heavy atom. The molecule has 0 aliphatic carbocycles. The van der Waals surface area contributed by atoms with Gasteiger partial charge in [-0.25, -0.2) is 0 Å². The molecular formula is C17H23F3OSi. The van der Waals surface area contributed by atoms with Gasteiger partial charge >= 0.3 is 6.18 Å². The molecule has 1 aromatic carbocycles. The van der Waals surface area contributed by atoms with Crippen LogP contribution in [0.2, 0.25) is 18.1 Å². The molecule has 0 spiro atoms. The zero-order valence-corrected chi connectivity index (χ0v) is 14.7. The molecule has 0 unspecified atom stereocenters. The third kappa shape index (κ3) is 4.89. The van der Waals surface area contributed by atoms with Crippen LogP contribution in [0.4, 0.5) is 13.2 Å². The zero-order chi connectivity index (χ0) is 17.2. The summed E-state index contributed by atoms with van der Waals surface area (Å²) >= 11 is 0. The van der Waals surface area contributed by atoms with E-state index in [0.717, 1.165) is 12.1 Å². The molecular weight excluding hydrogens is 305 g/mol. The predicted molar refractivity (Wildman–Crippen MR) is 86.1 cm³/mol. The topological polar surface area (TPSA) is 9.23 Å². The highest BCUT2D eigenvalue weighted by atomic mass is 28.4. The summed E-state index contributed by atoms with van der Waals surface area (Å²) in [6, 6.07) is 5.25. The first-order chi connectivity index (χ1) is 9.87. The number of alkyl halides is 3. The molecule has 0 N–H and O–H groups in total. The smallest absolute Gasteiger partial charge is 0.403 e. The summed E-state index contributed by atoms with van der Waals surface area (Å²) in [5, 5.41) is -0.00405. The van der Waals surface area contributed by atoms with E-state index < -0.39 is 26.2 Å². The summed E-state index contributed by atoms with van der Waals surface area (Å²) < 4.78 is 44.4. The Hall–Kier alpha value is -1.25. The number of terminal acetylenes is 1. The maximum absolute atomic E-state index is 12.7. The summed E-state index contributed by atoms with van der Waals surface area (Å²) in [6.45, 7) is 10.4. The molecule has 0 aliphatic rings. The van der Waals surface area contributed by atoms with Crippen LogP contribution in [0.3, 0.4) is 0 Å². The lowest BCUT2D eigenvalue weighted by atomic mass is 10.1. The van der Waals surface area contributed by atoms with Gasteiger partial charge in [0.25, 0.3) is 0 Å². The van der Waals surface area contributed by atoms with Crippen LogP contribution in [-0.2, 0) is 17.0 Å². The van der Waals surface area contributed by atoms with Crippen LogP contribution in [0.1, 0.15) is 31.9 Å². The highest BCUT2D eigenvalue weighted by Gasteiger charge is 2.39. The Labute approximate surface area is 132 Å². The summed E-state index contributed by atoms with van der Waals surface area (Å²) in [4.78, 5) is 0. The van der Waals surface area contributed by atoms with E-state index in [0.29, 0.717) is 5.56 Å². The number of halogens is 3. The largest absolute Gasteiger partial charge is 0.416 e. The van der Waals surface area contributed by atoms with Crippen molar-refractivity contribution in [2.45, 2.75) is 57.6 Å². The highest BCUT2D eigenvalue weighted by Crippen LogP contribution is 2.37. The van der Waals surface area contributed by atoms with E-state index in [1.54, 1.807) is 6.07 Å². The molecule has 0 aromatic heterocycles. The van der Waals surface area contributed by atoms with Crippen LogP contribution in [0.15, 0.2) is 24.3 Å². The molecule has 0 saturated carbocycles. The molecule has 0 amide bonds. The van der Waals surface area contributed by atoms with Gasteiger partial charge in [-0.3, -0.25) is 0 Å². The second-order valence-corrected chi connectivity index (χ2v) is 11.7. The van der Waals surface area contributed by atoms with Gasteiger partial charge in [0.05, 0.1) is 5.56 Å². The molecule has 5 heteroatoms. The monoisotopic (exact) mass is 328 g/mol. The van der Waals surface area contributed by atoms with E-state index in [-0.39, 0.29) is 11.5 Å². The quantitative estimate of drug-likeness (QED) is 0.540. The maximum Gasteiger partial charge on any atom is 0.416 e. The van der Waals surface area contributed by atoms with E-state index in [1.165, 1.54) is 6.07 Å². The van der Waals surface area contributed by atoms with E-state index in [4.69, 9.17) is 10.8 Å². The summed E-state index contributed by atoms with van der Waals surface area (Å²) in [5.74, 6) is 2.57. The van der Waals surface area contributed by atoms with Crippen molar-refractivity contribution < 1.29 is 17.6 Å². The van der Waals surface area contributed by atoms with Gasteiger partial charge in [-0.1, -0.05) is 44.9 Å². The van der Waals surface area contributed by atoms with E-state index in [2.05, 4.69) is 39.8 Å². The van der Waals surface area contributed by atoms with Crippen molar-refractivity contribution in [2.24, 2.45) is 0 Å². The van der Waals surface area contributed by atoms with Crippen molar-refractivity contribution in [1.82, 2.24) is 0 Å². The number of benzene rings is 1. The predicted octanol–water partition coefficient (Wildman–Crippen LogP) is 5.27. The molecule has 1 atom stereocenters. The van der Waals surface area contributed by atoms with Gasteiger partial charge < -0.3 is 4.43 Å². The van der Waals surface area contributed by atoms with Gasteiger partial charge in [-0.2, -0.15) is 13.2 Å². The standard InChI is InChI=1S/C17H23F3OSi/c1-7-15(21-22(5,6)16(2,3)4)12-13-9-8-10-14(11-13)17(18,19)20/h1,8-11,15H,12H2,2-6H3/t15-/m1/s1. The Morgan fingerprint density at radius 3 is 2.27 bits per heavy atom. The Balaban J connectivity index is 2.91. The number of rotatable bonds is 4. The molecule has 0 aliphatic heterocycles. The van der Waals surface area contributed by atoms with Crippen molar-refractivity contribution in [3.05, 3.63) is 35.4 Å². The minimum absolute atomic E-state index is 0.00405. The van der Waals surface area contributed by atoms with Crippen LogP contribution >= 0.6 is 0 Å². The van der Waals surface area contributed by atoms with Crippen molar-refractivity contribution in [3.63, 3.8) is 0 Å². The summed E-state index contributed by atoms with van der Waals surface area (Å²) in [6.07, 6.45) is 0.949. The lowest BCUT2D eigenvalue weighted by molar-refractivity contribution is -0.137. The zero-order valence-electron chi connectivity index (χ0n) is 13.7. The van der Waals surface area contributed by atoms with Crippen LogP contribution in [0, 0.1) is 12.3 Å². The summed E-state index contributed by atoms with van der Waals surface area (Å²) in [5.41, 5.74) is -0.121. The first-order valence-electron chi connectivity index (χ1n) is 7.17. The molecule has 1 rings (SSSR count). The Morgan fingerprint density at radius 2 is 1.82 bits per heavy atom.